The molecule has 2 aromatic rings. The molecule has 25 heavy (non-hydrogen) atoms. The molecule has 0 fully saturated rings. The van der Waals surface area contributed by atoms with Crippen LogP contribution in [-0.2, 0) is 17.9 Å². The van der Waals surface area contributed by atoms with Crippen molar-refractivity contribution in [1.29, 1.82) is 0 Å². The average Bonchev–Trinajstić information content (AvgIpc) is 3.08. The Balaban J connectivity index is 1.89. The van der Waals surface area contributed by atoms with Crippen LogP contribution in [0.1, 0.15) is 29.9 Å². The normalized spacial score (nSPS) is 11.1. The summed E-state index contributed by atoms with van der Waals surface area (Å²) in [6, 6.07) is 1.87. The summed E-state index contributed by atoms with van der Waals surface area (Å²) < 4.78 is 28.4. The van der Waals surface area contributed by atoms with Gasteiger partial charge in [-0.2, -0.15) is 10.2 Å². The number of hydrogen-bond donors (Lipinski definition) is 1. The summed E-state index contributed by atoms with van der Waals surface area (Å²) in [5.41, 5.74) is -0.863. The molecular formula is C14H18F2N6O3. The van der Waals surface area contributed by atoms with Crippen molar-refractivity contribution in [2.75, 3.05) is 6.54 Å². The second kappa shape index (κ2) is 7.81. The van der Waals surface area contributed by atoms with Crippen molar-refractivity contribution in [2.24, 2.45) is 0 Å². The molecule has 2 heterocycles. The number of alkyl halides is 2. The van der Waals surface area contributed by atoms with E-state index in [4.69, 9.17) is 0 Å². The van der Waals surface area contributed by atoms with Crippen molar-refractivity contribution in [3.05, 3.63) is 39.5 Å². The van der Waals surface area contributed by atoms with E-state index in [-0.39, 0.29) is 12.2 Å². The highest BCUT2D eigenvalue weighted by Crippen LogP contribution is 2.30. The van der Waals surface area contributed by atoms with E-state index in [0.717, 1.165) is 10.4 Å². The first-order valence-electron chi connectivity index (χ1n) is 7.56. The smallest absolute Gasteiger partial charge is 0.319 e. The van der Waals surface area contributed by atoms with Crippen LogP contribution in [0.2, 0.25) is 0 Å². The van der Waals surface area contributed by atoms with Crippen LogP contribution >= 0.6 is 0 Å². The van der Waals surface area contributed by atoms with Gasteiger partial charge in [0.05, 0.1) is 10.6 Å². The van der Waals surface area contributed by atoms with E-state index in [9.17, 15) is 23.7 Å². The van der Waals surface area contributed by atoms with Crippen LogP contribution in [0.3, 0.4) is 0 Å². The lowest BCUT2D eigenvalue weighted by Crippen LogP contribution is -2.29. The standard InChI is InChI=1S/C14H18F2N6O3/c1-9-4-7-20(18-9)6-3-5-17-11(23)8-21-10(2)13(22(24)25)12(19-21)14(15)16/h4,7,14H,3,5-6,8H2,1-2H3,(H,17,23). The van der Waals surface area contributed by atoms with E-state index in [1.54, 1.807) is 4.68 Å². The minimum atomic E-state index is -3.08. The first-order valence-corrected chi connectivity index (χ1v) is 7.56. The van der Waals surface area contributed by atoms with Gasteiger partial charge in [-0.25, -0.2) is 8.78 Å². The third-order valence-corrected chi connectivity index (χ3v) is 3.54. The van der Waals surface area contributed by atoms with Gasteiger partial charge in [0.25, 0.3) is 6.43 Å². The number of nitrogens with one attached hydrogen (secondary N) is 1. The van der Waals surface area contributed by atoms with Crippen LogP contribution in [0.4, 0.5) is 14.5 Å². The van der Waals surface area contributed by atoms with Crippen LogP contribution in [-0.4, -0.2) is 36.9 Å². The van der Waals surface area contributed by atoms with Crippen LogP contribution in [0.5, 0.6) is 0 Å². The molecule has 0 saturated carbocycles. The average molecular weight is 356 g/mol. The molecule has 0 spiro atoms. The SMILES string of the molecule is Cc1ccn(CCCNC(=O)Cn2nc(C(F)F)c([N+](=O)[O-])c2C)n1. The minimum Gasteiger partial charge on any atom is -0.354 e. The van der Waals surface area contributed by atoms with Gasteiger partial charge >= 0.3 is 5.69 Å². The number of carbonyl (C=O) groups is 1. The first-order chi connectivity index (χ1) is 11.8. The predicted molar refractivity (Wildman–Crippen MR) is 83.2 cm³/mol. The molecule has 2 rings (SSSR count). The number of nitro groups is 1. The van der Waals surface area contributed by atoms with Crippen LogP contribution < -0.4 is 5.32 Å². The number of rotatable bonds is 8. The van der Waals surface area contributed by atoms with Crippen LogP contribution in [0, 0.1) is 24.0 Å². The zero-order valence-corrected chi connectivity index (χ0v) is 13.8. The van der Waals surface area contributed by atoms with Crippen molar-refractivity contribution < 1.29 is 18.5 Å². The van der Waals surface area contributed by atoms with Crippen LogP contribution in [0.25, 0.3) is 0 Å². The Bertz CT molecular complexity index is 771. The lowest BCUT2D eigenvalue weighted by molar-refractivity contribution is -0.386. The van der Waals surface area contributed by atoms with Gasteiger partial charge in [0.15, 0.2) is 0 Å². The number of carbonyl (C=O) groups excluding carboxylic acids is 1. The fourth-order valence-electron chi connectivity index (χ4n) is 2.34. The van der Waals surface area contributed by atoms with Crippen molar-refractivity contribution in [3.63, 3.8) is 0 Å². The highest BCUT2D eigenvalue weighted by atomic mass is 19.3. The highest BCUT2D eigenvalue weighted by molar-refractivity contribution is 5.75. The molecule has 0 radical (unpaired) electrons. The summed E-state index contributed by atoms with van der Waals surface area (Å²) in [5, 5.41) is 21.2. The zero-order chi connectivity index (χ0) is 18.6. The fraction of sp³-hybridized carbons (Fsp3) is 0.500. The van der Waals surface area contributed by atoms with Crippen molar-refractivity contribution in [3.8, 4) is 0 Å². The Labute approximate surface area is 141 Å². The number of halogens is 2. The maximum atomic E-state index is 12.8. The zero-order valence-electron chi connectivity index (χ0n) is 13.8. The summed E-state index contributed by atoms with van der Waals surface area (Å²) in [6.45, 7) is 3.78. The highest BCUT2D eigenvalue weighted by Gasteiger charge is 2.31. The molecule has 136 valence electrons. The third kappa shape index (κ3) is 4.58. The molecule has 0 aliphatic heterocycles. The van der Waals surface area contributed by atoms with Gasteiger partial charge < -0.3 is 5.32 Å². The van der Waals surface area contributed by atoms with E-state index < -0.39 is 28.6 Å². The van der Waals surface area contributed by atoms with Gasteiger partial charge in [0, 0.05) is 19.3 Å². The molecule has 0 atom stereocenters. The Kier molecular flexibility index (Phi) is 5.78. The first kappa shape index (κ1) is 18.5. The maximum absolute atomic E-state index is 12.8. The monoisotopic (exact) mass is 356 g/mol. The molecule has 0 bridgehead atoms. The fourth-order valence-corrected chi connectivity index (χ4v) is 2.34. The van der Waals surface area contributed by atoms with Gasteiger partial charge in [-0.15, -0.1) is 0 Å². The molecule has 0 aromatic carbocycles. The van der Waals surface area contributed by atoms with E-state index in [0.29, 0.717) is 19.5 Å². The largest absolute Gasteiger partial charge is 0.354 e. The Morgan fingerprint density at radius 2 is 2.12 bits per heavy atom. The topological polar surface area (TPSA) is 108 Å². The van der Waals surface area contributed by atoms with E-state index in [2.05, 4.69) is 15.5 Å². The molecule has 9 nitrogen and oxygen atoms in total. The third-order valence-electron chi connectivity index (χ3n) is 3.54. The van der Waals surface area contributed by atoms with Gasteiger partial charge in [0.1, 0.15) is 12.2 Å². The van der Waals surface area contributed by atoms with Crippen molar-refractivity contribution in [1.82, 2.24) is 24.9 Å². The Morgan fingerprint density at radius 3 is 2.64 bits per heavy atom. The summed E-state index contributed by atoms with van der Waals surface area (Å²) >= 11 is 0. The lowest BCUT2D eigenvalue weighted by Gasteiger charge is -2.06. The number of hydrogen-bond acceptors (Lipinski definition) is 5. The maximum Gasteiger partial charge on any atom is 0.319 e. The molecular weight excluding hydrogens is 338 g/mol. The summed E-state index contributed by atoms with van der Waals surface area (Å²) in [6.07, 6.45) is -0.622. The summed E-state index contributed by atoms with van der Waals surface area (Å²) in [4.78, 5) is 21.9. The van der Waals surface area contributed by atoms with Gasteiger partial charge in [-0.3, -0.25) is 24.3 Å². The number of nitrogens with zero attached hydrogens (tertiary/aromatic N) is 5. The quantitative estimate of drug-likeness (QED) is 0.440. The minimum absolute atomic E-state index is 0.0810. The van der Waals surface area contributed by atoms with Crippen molar-refractivity contribution in [2.45, 2.75) is 39.8 Å². The van der Waals surface area contributed by atoms with E-state index >= 15 is 0 Å². The lowest BCUT2D eigenvalue weighted by atomic mass is 10.3. The molecule has 0 unspecified atom stereocenters. The number of aromatic nitrogens is 4. The molecule has 0 aliphatic carbocycles. The molecule has 2 aromatic heterocycles. The van der Waals surface area contributed by atoms with Crippen molar-refractivity contribution >= 4 is 11.6 Å². The van der Waals surface area contributed by atoms with E-state index in [1.165, 1.54) is 6.92 Å². The van der Waals surface area contributed by atoms with Gasteiger partial charge in [0.2, 0.25) is 11.6 Å². The number of aryl methyl sites for hydroxylation is 2. The molecule has 1 N–H and O–H groups in total. The second-order valence-electron chi connectivity index (χ2n) is 5.46. The van der Waals surface area contributed by atoms with Crippen LogP contribution in [0.15, 0.2) is 12.3 Å². The molecule has 11 heteroatoms. The Morgan fingerprint density at radius 1 is 1.40 bits per heavy atom. The summed E-state index contributed by atoms with van der Waals surface area (Å²) in [7, 11) is 0. The molecule has 1 amide bonds. The summed E-state index contributed by atoms with van der Waals surface area (Å²) in [5.74, 6) is -0.460. The van der Waals surface area contributed by atoms with E-state index in [1.807, 2.05) is 19.2 Å². The predicted octanol–water partition coefficient (Wildman–Crippen LogP) is 1.75. The van der Waals surface area contributed by atoms with Gasteiger partial charge in [-0.1, -0.05) is 0 Å². The number of amides is 1. The Hall–Kier alpha value is -2.85. The molecule has 0 aliphatic rings. The van der Waals surface area contributed by atoms with Gasteiger partial charge in [-0.05, 0) is 26.3 Å². The second-order valence-corrected chi connectivity index (χ2v) is 5.46. The molecule has 0 saturated heterocycles.